The van der Waals surface area contributed by atoms with Crippen molar-refractivity contribution in [1.29, 1.82) is 0 Å². The number of ether oxygens (including phenoxy) is 1. The van der Waals surface area contributed by atoms with Gasteiger partial charge >= 0.3 is 0 Å². The van der Waals surface area contributed by atoms with Crippen LogP contribution in [0.15, 0.2) is 28.1 Å². The molecule has 6 nitrogen and oxygen atoms in total. The van der Waals surface area contributed by atoms with Crippen molar-refractivity contribution in [2.45, 2.75) is 44.7 Å². The van der Waals surface area contributed by atoms with Gasteiger partial charge in [0.1, 0.15) is 0 Å². The van der Waals surface area contributed by atoms with E-state index in [1.54, 1.807) is 26.2 Å². The third-order valence-electron chi connectivity index (χ3n) is 3.64. The van der Waals surface area contributed by atoms with Crippen LogP contribution in [0.25, 0.3) is 0 Å². The zero-order valence-corrected chi connectivity index (χ0v) is 16.3. The molecule has 0 atom stereocenters. The second-order valence-corrected chi connectivity index (χ2v) is 8.37. The van der Waals surface area contributed by atoms with Gasteiger partial charge in [-0.25, -0.2) is 13.4 Å². The van der Waals surface area contributed by atoms with Gasteiger partial charge in [0, 0.05) is 26.5 Å². The Balaban J connectivity index is 2.85. The molecule has 0 unspecified atom stereocenters. The maximum atomic E-state index is 11.7. The third kappa shape index (κ3) is 6.49. The molecule has 0 aliphatic rings. The van der Waals surface area contributed by atoms with E-state index in [1.807, 2.05) is 26.8 Å². The minimum Gasteiger partial charge on any atom is -0.377 e. The Labute approximate surface area is 145 Å². The first-order valence-corrected chi connectivity index (χ1v) is 9.85. The van der Waals surface area contributed by atoms with E-state index < -0.39 is 9.84 Å². The van der Waals surface area contributed by atoms with Crippen LogP contribution in [-0.4, -0.2) is 46.4 Å². The largest absolute Gasteiger partial charge is 0.377 e. The molecular formula is C17H29N3O3S. The molecule has 7 heteroatoms. The van der Waals surface area contributed by atoms with Crippen LogP contribution in [0.1, 0.15) is 31.9 Å². The first-order valence-electron chi connectivity index (χ1n) is 7.96. The lowest BCUT2D eigenvalue weighted by atomic mass is 10.1. The summed E-state index contributed by atoms with van der Waals surface area (Å²) in [6.07, 6.45) is 1.22. The molecule has 24 heavy (non-hydrogen) atoms. The molecule has 0 aliphatic carbocycles. The average Bonchev–Trinajstić information content (AvgIpc) is 2.49. The number of benzene rings is 1. The zero-order chi connectivity index (χ0) is 18.4. The van der Waals surface area contributed by atoms with Gasteiger partial charge in [-0.2, -0.15) is 0 Å². The number of aliphatic imine (C=N–C) groups is 1. The van der Waals surface area contributed by atoms with E-state index in [4.69, 9.17) is 4.74 Å². The number of aryl methyl sites for hydroxylation is 1. The van der Waals surface area contributed by atoms with Crippen LogP contribution in [0.3, 0.4) is 0 Å². The first kappa shape index (κ1) is 20.4. The van der Waals surface area contributed by atoms with E-state index in [1.165, 1.54) is 6.26 Å². The van der Waals surface area contributed by atoms with E-state index in [9.17, 15) is 8.42 Å². The standard InChI is InChI=1S/C17H29N3O3S/c1-7-18-16(20-12-17(3,4)23-5)19-11-14-8-9-15(13(2)10-14)24(6,21)22/h8-10H,7,11-12H2,1-6H3,(H2,18,19,20). The lowest BCUT2D eigenvalue weighted by Crippen LogP contribution is -2.45. The Hall–Kier alpha value is -1.60. The van der Waals surface area contributed by atoms with Crippen molar-refractivity contribution in [3.05, 3.63) is 29.3 Å². The monoisotopic (exact) mass is 355 g/mol. The number of hydrogen-bond donors (Lipinski definition) is 2. The molecule has 136 valence electrons. The van der Waals surface area contributed by atoms with Gasteiger partial charge in [0.05, 0.1) is 17.0 Å². The van der Waals surface area contributed by atoms with Crippen molar-refractivity contribution in [3.8, 4) is 0 Å². The van der Waals surface area contributed by atoms with Gasteiger partial charge in [-0.1, -0.05) is 12.1 Å². The first-order chi connectivity index (χ1) is 11.1. The Morgan fingerprint density at radius 2 is 1.96 bits per heavy atom. The molecule has 1 rings (SSSR count). The lowest BCUT2D eigenvalue weighted by molar-refractivity contribution is 0.0268. The van der Waals surface area contributed by atoms with Gasteiger partial charge in [0.15, 0.2) is 15.8 Å². The number of rotatable bonds is 7. The number of nitrogens with zero attached hydrogens (tertiary/aromatic N) is 1. The molecule has 2 N–H and O–H groups in total. The molecule has 0 saturated carbocycles. The predicted octanol–water partition coefficient (Wildman–Crippen LogP) is 1.88. The minimum atomic E-state index is -3.19. The summed E-state index contributed by atoms with van der Waals surface area (Å²) < 4.78 is 28.7. The number of hydrogen-bond acceptors (Lipinski definition) is 4. The van der Waals surface area contributed by atoms with Gasteiger partial charge in [-0.3, -0.25) is 0 Å². The summed E-state index contributed by atoms with van der Waals surface area (Å²) in [6, 6.07) is 5.31. The molecule has 0 bridgehead atoms. The summed E-state index contributed by atoms with van der Waals surface area (Å²) in [4.78, 5) is 4.91. The molecule has 0 spiro atoms. The zero-order valence-electron chi connectivity index (χ0n) is 15.4. The topological polar surface area (TPSA) is 79.8 Å². The molecule has 1 aromatic rings. The summed E-state index contributed by atoms with van der Waals surface area (Å²) in [7, 11) is -1.51. The van der Waals surface area contributed by atoms with Crippen molar-refractivity contribution in [2.75, 3.05) is 26.5 Å². The van der Waals surface area contributed by atoms with Crippen molar-refractivity contribution in [1.82, 2.24) is 10.6 Å². The minimum absolute atomic E-state index is 0.288. The molecular weight excluding hydrogens is 326 g/mol. The smallest absolute Gasteiger partial charge is 0.191 e. The number of nitrogens with one attached hydrogen (secondary N) is 2. The quantitative estimate of drug-likeness (QED) is 0.577. The van der Waals surface area contributed by atoms with Crippen LogP contribution in [0.2, 0.25) is 0 Å². The van der Waals surface area contributed by atoms with E-state index in [-0.39, 0.29) is 5.60 Å². The third-order valence-corrected chi connectivity index (χ3v) is 4.89. The van der Waals surface area contributed by atoms with E-state index in [2.05, 4.69) is 15.6 Å². The Morgan fingerprint density at radius 1 is 1.29 bits per heavy atom. The molecule has 0 fully saturated rings. The van der Waals surface area contributed by atoms with Crippen LogP contribution in [0.4, 0.5) is 0 Å². The van der Waals surface area contributed by atoms with E-state index in [0.29, 0.717) is 23.9 Å². The molecule has 0 aliphatic heterocycles. The van der Waals surface area contributed by atoms with Gasteiger partial charge in [-0.15, -0.1) is 0 Å². The Kier molecular flexibility index (Phi) is 7.23. The van der Waals surface area contributed by atoms with Crippen LogP contribution in [0, 0.1) is 6.92 Å². The van der Waals surface area contributed by atoms with Crippen LogP contribution in [-0.2, 0) is 21.1 Å². The van der Waals surface area contributed by atoms with E-state index in [0.717, 1.165) is 17.7 Å². The van der Waals surface area contributed by atoms with Crippen LogP contribution < -0.4 is 10.6 Å². The highest BCUT2D eigenvalue weighted by Gasteiger charge is 2.16. The summed E-state index contributed by atoms with van der Waals surface area (Å²) in [6.45, 7) is 9.64. The maximum absolute atomic E-state index is 11.7. The molecule has 0 amide bonds. The molecule has 1 aromatic carbocycles. The van der Waals surface area contributed by atoms with E-state index >= 15 is 0 Å². The second kappa shape index (κ2) is 8.48. The van der Waals surface area contributed by atoms with Crippen molar-refractivity contribution in [2.24, 2.45) is 4.99 Å². The lowest BCUT2D eigenvalue weighted by Gasteiger charge is -2.24. The Bertz CT molecular complexity index is 682. The fourth-order valence-electron chi connectivity index (χ4n) is 2.11. The summed E-state index contributed by atoms with van der Waals surface area (Å²) in [5, 5.41) is 6.44. The number of sulfone groups is 1. The van der Waals surface area contributed by atoms with Gasteiger partial charge in [-0.05, 0) is 44.9 Å². The Morgan fingerprint density at radius 3 is 2.46 bits per heavy atom. The highest BCUT2D eigenvalue weighted by molar-refractivity contribution is 7.90. The fraction of sp³-hybridized carbons (Fsp3) is 0.588. The number of methoxy groups -OCH3 is 1. The molecule has 0 heterocycles. The average molecular weight is 356 g/mol. The van der Waals surface area contributed by atoms with Crippen LogP contribution in [0.5, 0.6) is 0 Å². The van der Waals surface area contributed by atoms with Gasteiger partial charge in [0.25, 0.3) is 0 Å². The fourth-order valence-corrected chi connectivity index (χ4v) is 3.07. The SMILES string of the molecule is CCNC(=NCc1ccc(S(C)(=O)=O)c(C)c1)NCC(C)(C)OC. The summed E-state index contributed by atoms with van der Waals surface area (Å²) in [5.41, 5.74) is 1.41. The summed E-state index contributed by atoms with van der Waals surface area (Å²) >= 11 is 0. The summed E-state index contributed by atoms with van der Waals surface area (Å²) in [5.74, 6) is 0.701. The van der Waals surface area contributed by atoms with Gasteiger partial charge < -0.3 is 15.4 Å². The second-order valence-electron chi connectivity index (χ2n) is 6.38. The predicted molar refractivity (Wildman–Crippen MR) is 98.2 cm³/mol. The molecule has 0 radical (unpaired) electrons. The highest BCUT2D eigenvalue weighted by Crippen LogP contribution is 2.17. The highest BCUT2D eigenvalue weighted by atomic mass is 32.2. The van der Waals surface area contributed by atoms with Crippen molar-refractivity contribution in [3.63, 3.8) is 0 Å². The number of guanidine groups is 1. The van der Waals surface area contributed by atoms with Crippen molar-refractivity contribution < 1.29 is 13.2 Å². The van der Waals surface area contributed by atoms with Crippen LogP contribution >= 0.6 is 0 Å². The van der Waals surface area contributed by atoms with Crippen molar-refractivity contribution >= 4 is 15.8 Å². The van der Waals surface area contributed by atoms with Gasteiger partial charge in [0.2, 0.25) is 0 Å². The molecule has 0 aromatic heterocycles. The normalized spacial score (nSPS) is 13.0. The molecule has 0 saturated heterocycles. The maximum Gasteiger partial charge on any atom is 0.191 e.